The number of phenolic OH excluding ortho intramolecular Hbond substituents is 1. The van der Waals surface area contributed by atoms with Crippen LogP contribution in [0.15, 0.2) is 45.3 Å². The SMILES string of the molecule is NCCCCN1CCN(c2ccc3c(c2)CCO3)CC1.Oc1ccc(Br)cc1Br. The minimum Gasteiger partial charge on any atom is -0.507 e. The first kappa shape index (κ1) is 22.4. The van der Waals surface area contributed by atoms with E-state index in [0.717, 1.165) is 62.4 Å². The van der Waals surface area contributed by atoms with Gasteiger partial charge in [0.15, 0.2) is 0 Å². The second kappa shape index (κ2) is 11.2. The molecule has 0 atom stereocenters. The maximum Gasteiger partial charge on any atom is 0.129 e. The summed E-state index contributed by atoms with van der Waals surface area (Å²) in [5.74, 6) is 1.34. The van der Waals surface area contributed by atoms with E-state index in [1.165, 1.54) is 24.2 Å². The molecule has 0 unspecified atom stereocenters. The Kier molecular flexibility index (Phi) is 8.66. The van der Waals surface area contributed by atoms with Crippen LogP contribution in [0.4, 0.5) is 5.69 Å². The number of hydrogen-bond acceptors (Lipinski definition) is 5. The van der Waals surface area contributed by atoms with Gasteiger partial charge < -0.3 is 20.5 Å². The van der Waals surface area contributed by atoms with E-state index in [1.807, 2.05) is 0 Å². The van der Waals surface area contributed by atoms with Crippen LogP contribution < -0.4 is 15.4 Å². The van der Waals surface area contributed by atoms with E-state index in [-0.39, 0.29) is 5.75 Å². The average Bonchev–Trinajstić information content (AvgIpc) is 3.20. The van der Waals surface area contributed by atoms with E-state index in [1.54, 1.807) is 18.2 Å². The van der Waals surface area contributed by atoms with Crippen molar-refractivity contribution < 1.29 is 9.84 Å². The fourth-order valence-electron chi connectivity index (χ4n) is 3.56. The molecule has 0 aromatic heterocycles. The number of piperazine rings is 1. The monoisotopic (exact) mass is 525 g/mol. The highest BCUT2D eigenvalue weighted by atomic mass is 79.9. The standard InChI is InChI=1S/C16H25N3O.C6H4Br2O/c17-6-1-2-7-18-8-10-19(11-9-18)15-3-4-16-14(13-15)5-12-20-16;7-4-1-2-6(9)5(8)3-4/h3-4,13H,1-2,5-12,17H2;1-3,9H. The molecule has 0 spiro atoms. The van der Waals surface area contributed by atoms with Crippen LogP contribution in [0.3, 0.4) is 0 Å². The molecule has 5 nitrogen and oxygen atoms in total. The third-order valence-corrected chi connectivity index (χ3v) is 6.38. The lowest BCUT2D eigenvalue weighted by Gasteiger charge is -2.36. The highest BCUT2D eigenvalue weighted by molar-refractivity contribution is 9.11. The zero-order valence-electron chi connectivity index (χ0n) is 16.6. The molecule has 1 fully saturated rings. The third-order valence-electron chi connectivity index (χ3n) is 5.25. The van der Waals surface area contributed by atoms with Crippen molar-refractivity contribution in [3.63, 3.8) is 0 Å². The Morgan fingerprint density at radius 2 is 1.79 bits per heavy atom. The number of benzene rings is 2. The van der Waals surface area contributed by atoms with Gasteiger partial charge in [-0.15, -0.1) is 0 Å². The van der Waals surface area contributed by atoms with Gasteiger partial charge in [-0.1, -0.05) is 15.9 Å². The van der Waals surface area contributed by atoms with E-state index in [0.29, 0.717) is 4.47 Å². The largest absolute Gasteiger partial charge is 0.507 e. The number of halogens is 2. The van der Waals surface area contributed by atoms with Crippen LogP contribution in [-0.2, 0) is 6.42 Å². The van der Waals surface area contributed by atoms with Gasteiger partial charge in [-0.2, -0.15) is 0 Å². The quantitative estimate of drug-likeness (QED) is 0.565. The summed E-state index contributed by atoms with van der Waals surface area (Å²) in [4.78, 5) is 5.06. The molecule has 158 valence electrons. The van der Waals surface area contributed by atoms with Crippen molar-refractivity contribution in [2.45, 2.75) is 19.3 Å². The number of unbranched alkanes of at least 4 members (excludes halogenated alkanes) is 1. The van der Waals surface area contributed by atoms with Crippen LogP contribution in [0.5, 0.6) is 11.5 Å². The number of anilines is 1. The zero-order valence-corrected chi connectivity index (χ0v) is 19.8. The van der Waals surface area contributed by atoms with Gasteiger partial charge in [-0.05, 0) is 83.8 Å². The lowest BCUT2D eigenvalue weighted by Crippen LogP contribution is -2.46. The average molecular weight is 527 g/mol. The summed E-state index contributed by atoms with van der Waals surface area (Å²) < 4.78 is 7.23. The maximum atomic E-state index is 8.98. The highest BCUT2D eigenvalue weighted by Crippen LogP contribution is 2.30. The van der Waals surface area contributed by atoms with Crippen LogP contribution in [0.1, 0.15) is 18.4 Å². The summed E-state index contributed by atoms with van der Waals surface area (Å²) in [6.45, 7) is 7.44. The Morgan fingerprint density at radius 3 is 2.48 bits per heavy atom. The highest BCUT2D eigenvalue weighted by Gasteiger charge is 2.19. The molecule has 3 N–H and O–H groups in total. The molecular formula is C22H29Br2N3O2. The molecule has 0 saturated carbocycles. The molecular weight excluding hydrogens is 498 g/mol. The molecule has 2 aliphatic rings. The molecule has 0 radical (unpaired) electrons. The zero-order chi connectivity index (χ0) is 20.6. The van der Waals surface area contributed by atoms with Crippen LogP contribution in [-0.4, -0.2) is 55.9 Å². The normalized spacial score (nSPS) is 16.0. The summed E-state index contributed by atoms with van der Waals surface area (Å²) >= 11 is 6.42. The molecule has 0 aliphatic carbocycles. The first-order valence-electron chi connectivity index (χ1n) is 10.1. The van der Waals surface area contributed by atoms with Crippen LogP contribution in [0, 0.1) is 0 Å². The van der Waals surface area contributed by atoms with Gasteiger partial charge in [-0.25, -0.2) is 0 Å². The number of nitrogens with two attached hydrogens (primary N) is 1. The molecule has 1 saturated heterocycles. The smallest absolute Gasteiger partial charge is 0.129 e. The number of rotatable bonds is 5. The lowest BCUT2D eigenvalue weighted by molar-refractivity contribution is 0.253. The van der Waals surface area contributed by atoms with E-state index < -0.39 is 0 Å². The van der Waals surface area contributed by atoms with Crippen molar-refractivity contribution in [3.05, 3.63) is 50.9 Å². The van der Waals surface area contributed by atoms with Gasteiger partial charge in [0.05, 0.1) is 11.1 Å². The van der Waals surface area contributed by atoms with Gasteiger partial charge in [0.2, 0.25) is 0 Å². The molecule has 2 aromatic rings. The third kappa shape index (κ3) is 6.60. The Morgan fingerprint density at radius 1 is 1.00 bits per heavy atom. The summed E-state index contributed by atoms with van der Waals surface area (Å²) in [6, 6.07) is 11.8. The molecule has 0 bridgehead atoms. The van der Waals surface area contributed by atoms with E-state index >= 15 is 0 Å². The van der Waals surface area contributed by atoms with Gasteiger partial charge in [0.25, 0.3) is 0 Å². The minimum atomic E-state index is 0.262. The van der Waals surface area contributed by atoms with Crippen LogP contribution in [0.25, 0.3) is 0 Å². The van der Waals surface area contributed by atoms with E-state index in [9.17, 15) is 0 Å². The summed E-state index contributed by atoms with van der Waals surface area (Å²) in [7, 11) is 0. The number of ether oxygens (including phenoxy) is 1. The van der Waals surface area contributed by atoms with Crippen molar-refractivity contribution in [1.82, 2.24) is 4.90 Å². The summed E-state index contributed by atoms with van der Waals surface area (Å²) in [5.41, 5.74) is 8.28. The van der Waals surface area contributed by atoms with Crippen molar-refractivity contribution >= 4 is 37.5 Å². The van der Waals surface area contributed by atoms with Crippen molar-refractivity contribution in [2.75, 3.05) is 50.8 Å². The van der Waals surface area contributed by atoms with Gasteiger partial charge in [0, 0.05) is 42.8 Å². The van der Waals surface area contributed by atoms with Crippen LogP contribution in [0.2, 0.25) is 0 Å². The molecule has 2 aliphatic heterocycles. The molecule has 4 rings (SSSR count). The van der Waals surface area contributed by atoms with Gasteiger partial charge in [-0.3, -0.25) is 4.90 Å². The van der Waals surface area contributed by atoms with E-state index in [4.69, 9.17) is 15.6 Å². The van der Waals surface area contributed by atoms with E-state index in [2.05, 4.69) is 59.9 Å². The number of hydrogen-bond donors (Lipinski definition) is 2. The second-order valence-electron chi connectivity index (χ2n) is 7.31. The molecule has 29 heavy (non-hydrogen) atoms. The molecule has 7 heteroatoms. The minimum absolute atomic E-state index is 0.262. The Balaban J connectivity index is 0.000000224. The van der Waals surface area contributed by atoms with Gasteiger partial charge in [0.1, 0.15) is 11.5 Å². The predicted molar refractivity (Wildman–Crippen MR) is 126 cm³/mol. The Labute approximate surface area is 190 Å². The fraction of sp³-hybridized carbons (Fsp3) is 0.455. The fourth-order valence-corrected chi connectivity index (χ4v) is 4.61. The first-order valence-corrected chi connectivity index (χ1v) is 11.7. The summed E-state index contributed by atoms with van der Waals surface area (Å²) in [5, 5.41) is 8.98. The molecule has 0 amide bonds. The maximum absolute atomic E-state index is 8.98. The lowest BCUT2D eigenvalue weighted by atomic mass is 10.1. The van der Waals surface area contributed by atoms with Gasteiger partial charge >= 0.3 is 0 Å². The van der Waals surface area contributed by atoms with Crippen LogP contribution >= 0.6 is 31.9 Å². The Hall–Kier alpha value is -1.28. The number of aromatic hydroxyl groups is 1. The van der Waals surface area contributed by atoms with Crippen molar-refractivity contribution in [1.29, 1.82) is 0 Å². The molecule has 2 aromatic carbocycles. The Bertz CT molecular complexity index is 796. The first-order chi connectivity index (χ1) is 14.1. The topological polar surface area (TPSA) is 62.0 Å². The molecule has 2 heterocycles. The van der Waals surface area contributed by atoms with Crippen molar-refractivity contribution in [2.24, 2.45) is 5.73 Å². The number of nitrogens with zero attached hydrogens (tertiary/aromatic N) is 2. The second-order valence-corrected chi connectivity index (χ2v) is 9.08. The number of phenols is 1. The van der Waals surface area contributed by atoms with Crippen molar-refractivity contribution in [3.8, 4) is 11.5 Å². The summed E-state index contributed by atoms with van der Waals surface area (Å²) in [6.07, 6.45) is 3.43. The number of fused-ring (bicyclic) bond motifs is 1. The predicted octanol–water partition coefficient (Wildman–Crippen LogP) is 4.40.